The maximum absolute atomic E-state index is 13.7. The molecular weight excluding hydrogens is 546 g/mol. The quantitative estimate of drug-likeness (QED) is 0.330. The molecule has 2 N–H and O–H groups in total. The van der Waals surface area contributed by atoms with Crippen LogP contribution in [0.5, 0.6) is 5.88 Å². The average molecular weight is 572 g/mol. The first kappa shape index (κ1) is 26.4. The number of anilines is 1. The Labute approximate surface area is 239 Å². The van der Waals surface area contributed by atoms with Crippen molar-refractivity contribution in [2.75, 3.05) is 5.32 Å². The Bertz CT molecular complexity index is 1830. The first-order valence-corrected chi connectivity index (χ1v) is 13.5. The van der Waals surface area contributed by atoms with Gasteiger partial charge in [0.2, 0.25) is 5.91 Å². The summed E-state index contributed by atoms with van der Waals surface area (Å²) in [5, 5.41) is 25.1. The van der Waals surface area contributed by atoms with Crippen molar-refractivity contribution in [3.05, 3.63) is 82.4 Å². The van der Waals surface area contributed by atoms with Crippen LogP contribution in [0.3, 0.4) is 0 Å². The van der Waals surface area contributed by atoms with Crippen molar-refractivity contribution in [3.63, 3.8) is 0 Å². The van der Waals surface area contributed by atoms with Crippen LogP contribution in [0.15, 0.2) is 66.1 Å². The summed E-state index contributed by atoms with van der Waals surface area (Å²) >= 11 is 6.29. The fraction of sp³-hybridized carbons (Fsp3) is 0.250. The lowest BCUT2D eigenvalue weighted by Gasteiger charge is -2.22. The summed E-state index contributed by atoms with van der Waals surface area (Å²) in [5.74, 6) is -0.549. The Morgan fingerprint density at radius 1 is 1.10 bits per heavy atom. The smallest absolute Gasteiger partial charge is 0.254 e. The number of pyridine rings is 1. The van der Waals surface area contributed by atoms with Gasteiger partial charge in [0.15, 0.2) is 0 Å². The number of amides is 1. The van der Waals surface area contributed by atoms with E-state index in [0.717, 1.165) is 11.3 Å². The molecule has 208 valence electrons. The van der Waals surface area contributed by atoms with Crippen LogP contribution >= 0.6 is 11.6 Å². The highest BCUT2D eigenvalue weighted by atomic mass is 35.5. The maximum atomic E-state index is 13.7. The van der Waals surface area contributed by atoms with Crippen molar-refractivity contribution in [3.8, 4) is 34.1 Å². The number of carbonyl (C=O) groups excluding carboxylic acids is 1. The number of halogens is 1. The van der Waals surface area contributed by atoms with Crippen LogP contribution < -0.4 is 10.9 Å². The second-order valence-electron chi connectivity index (χ2n) is 10.0. The van der Waals surface area contributed by atoms with Crippen molar-refractivity contribution in [2.45, 2.75) is 32.2 Å². The van der Waals surface area contributed by atoms with E-state index >= 15 is 0 Å². The Morgan fingerprint density at radius 3 is 2.73 bits per heavy atom. The third-order valence-corrected chi connectivity index (χ3v) is 7.52. The van der Waals surface area contributed by atoms with Crippen molar-refractivity contribution in [2.24, 2.45) is 13.0 Å². The molecule has 2 unspecified atom stereocenters. The van der Waals surface area contributed by atoms with Gasteiger partial charge in [-0.25, -0.2) is 9.67 Å². The highest BCUT2D eigenvalue weighted by molar-refractivity contribution is 6.31. The van der Waals surface area contributed by atoms with Gasteiger partial charge in [-0.2, -0.15) is 5.10 Å². The average Bonchev–Trinajstić information content (AvgIpc) is 3.55. The van der Waals surface area contributed by atoms with E-state index in [1.807, 2.05) is 26.1 Å². The molecule has 41 heavy (non-hydrogen) atoms. The molecule has 12 nitrogen and oxygen atoms in total. The van der Waals surface area contributed by atoms with Crippen LogP contribution in [0.1, 0.15) is 37.9 Å². The van der Waals surface area contributed by atoms with Gasteiger partial charge >= 0.3 is 0 Å². The van der Waals surface area contributed by atoms with Crippen LogP contribution in [0, 0.1) is 5.92 Å². The number of aryl methyl sites for hydroxylation is 1. The van der Waals surface area contributed by atoms with E-state index in [0.29, 0.717) is 52.6 Å². The van der Waals surface area contributed by atoms with Gasteiger partial charge in [0.25, 0.3) is 11.4 Å². The van der Waals surface area contributed by atoms with Gasteiger partial charge in [-0.05, 0) is 43.2 Å². The minimum Gasteiger partial charge on any atom is -0.491 e. The summed E-state index contributed by atoms with van der Waals surface area (Å²) in [4.78, 5) is 35.8. The standard InChI is InChI=1S/C28H26ClN9O3/c1-16-4-3-5-24(21-10-17(8-9-30-21)27-22(33-28(16)41)13-32-36(27)2)37-15-31-20(12-26(37)40)19-11-18(29)6-7-23(19)38-14-25(39)34-35-38/h6-16,24,39H,3-5H2,1-2H3,(H,33,41). The minimum atomic E-state index is -0.415. The van der Waals surface area contributed by atoms with E-state index < -0.39 is 6.04 Å². The molecule has 1 aromatic carbocycles. The zero-order chi connectivity index (χ0) is 28.7. The number of rotatable bonds is 3. The van der Waals surface area contributed by atoms with Crippen LogP contribution in [-0.4, -0.2) is 50.3 Å². The van der Waals surface area contributed by atoms with Crippen molar-refractivity contribution < 1.29 is 9.90 Å². The van der Waals surface area contributed by atoms with E-state index in [-0.39, 0.29) is 23.3 Å². The molecular formula is C28H26ClN9O3. The van der Waals surface area contributed by atoms with Gasteiger partial charge in [0.05, 0.1) is 53.2 Å². The largest absolute Gasteiger partial charge is 0.491 e. The Kier molecular flexibility index (Phi) is 6.83. The van der Waals surface area contributed by atoms with Crippen molar-refractivity contribution >= 4 is 23.2 Å². The summed E-state index contributed by atoms with van der Waals surface area (Å²) < 4.78 is 4.67. The SMILES string of the molecule is CC1CCCC(n2cnc(-c3cc(Cl)ccc3-n3cc(O)nn3)cc2=O)c2cc(ccn2)-c2c(cnn2C)NC1=O. The lowest BCUT2D eigenvalue weighted by molar-refractivity contribution is -0.119. The fourth-order valence-corrected chi connectivity index (χ4v) is 5.33. The van der Waals surface area contributed by atoms with E-state index in [1.165, 1.54) is 23.3 Å². The van der Waals surface area contributed by atoms with Crippen LogP contribution in [0.4, 0.5) is 5.69 Å². The van der Waals surface area contributed by atoms with Crippen LogP contribution in [0.2, 0.25) is 5.02 Å². The molecule has 5 aromatic rings. The lowest BCUT2D eigenvalue weighted by Crippen LogP contribution is -2.27. The van der Waals surface area contributed by atoms with Crippen LogP contribution in [0.25, 0.3) is 28.2 Å². The zero-order valence-electron chi connectivity index (χ0n) is 22.3. The highest BCUT2D eigenvalue weighted by Gasteiger charge is 2.24. The van der Waals surface area contributed by atoms with Gasteiger partial charge in [0.1, 0.15) is 0 Å². The number of benzene rings is 1. The van der Waals surface area contributed by atoms with Crippen molar-refractivity contribution in [1.82, 2.24) is 39.3 Å². The number of nitrogens with zero attached hydrogens (tertiary/aromatic N) is 8. The molecule has 0 aliphatic carbocycles. The zero-order valence-corrected chi connectivity index (χ0v) is 23.0. The van der Waals surface area contributed by atoms with Gasteiger partial charge in [-0.1, -0.05) is 35.3 Å². The Balaban J connectivity index is 1.44. The molecule has 2 atom stereocenters. The van der Waals surface area contributed by atoms with Crippen molar-refractivity contribution in [1.29, 1.82) is 0 Å². The van der Waals surface area contributed by atoms with Crippen LogP contribution in [-0.2, 0) is 11.8 Å². The predicted molar refractivity (Wildman–Crippen MR) is 152 cm³/mol. The van der Waals surface area contributed by atoms with E-state index in [1.54, 1.807) is 39.8 Å². The second kappa shape index (κ2) is 10.6. The van der Waals surface area contributed by atoms with Gasteiger partial charge in [-0.15, -0.1) is 0 Å². The molecule has 1 aliphatic heterocycles. The highest BCUT2D eigenvalue weighted by Crippen LogP contribution is 2.33. The van der Waals surface area contributed by atoms with E-state index in [9.17, 15) is 14.7 Å². The molecule has 0 saturated heterocycles. The molecule has 1 aliphatic rings. The topological polar surface area (TPSA) is 146 Å². The Hall–Kier alpha value is -4.84. The number of nitrogens with one attached hydrogen (secondary N) is 1. The molecule has 5 heterocycles. The van der Waals surface area contributed by atoms with Gasteiger partial charge in [0, 0.05) is 41.4 Å². The van der Waals surface area contributed by atoms with Gasteiger partial charge < -0.3 is 10.4 Å². The second-order valence-corrected chi connectivity index (χ2v) is 10.5. The third kappa shape index (κ3) is 5.09. The molecule has 0 spiro atoms. The number of carbonyl (C=O) groups is 1. The molecule has 6 rings (SSSR count). The predicted octanol–water partition coefficient (Wildman–Crippen LogP) is 3.99. The summed E-state index contributed by atoms with van der Waals surface area (Å²) in [7, 11) is 1.82. The number of fused-ring (bicyclic) bond motifs is 4. The normalized spacial score (nSPS) is 17.3. The van der Waals surface area contributed by atoms with E-state index in [2.05, 4.69) is 30.7 Å². The molecule has 0 fully saturated rings. The number of hydrogen-bond donors (Lipinski definition) is 2. The first-order valence-electron chi connectivity index (χ1n) is 13.1. The molecule has 0 saturated carbocycles. The number of aromatic nitrogens is 8. The van der Waals surface area contributed by atoms with E-state index in [4.69, 9.17) is 11.6 Å². The molecule has 2 bridgehead atoms. The molecule has 13 heteroatoms. The number of aromatic hydroxyl groups is 1. The summed E-state index contributed by atoms with van der Waals surface area (Å²) in [6.45, 7) is 1.89. The number of hydrogen-bond acceptors (Lipinski definition) is 8. The first-order chi connectivity index (χ1) is 19.8. The summed E-state index contributed by atoms with van der Waals surface area (Å²) in [6.07, 6.45) is 8.10. The summed E-state index contributed by atoms with van der Waals surface area (Å²) in [5.41, 5.74) is 4.10. The molecule has 0 radical (unpaired) electrons. The monoisotopic (exact) mass is 571 g/mol. The molecule has 1 amide bonds. The Morgan fingerprint density at radius 2 is 1.95 bits per heavy atom. The summed E-state index contributed by atoms with van der Waals surface area (Å²) in [6, 6.07) is 9.89. The van der Waals surface area contributed by atoms with Gasteiger partial charge in [-0.3, -0.25) is 23.8 Å². The maximum Gasteiger partial charge on any atom is 0.254 e. The fourth-order valence-electron chi connectivity index (χ4n) is 5.16. The molecule has 4 aromatic heterocycles. The lowest BCUT2D eigenvalue weighted by atomic mass is 9.97. The minimum absolute atomic E-state index is 0.0770. The third-order valence-electron chi connectivity index (χ3n) is 7.29.